The second kappa shape index (κ2) is 9.78. The zero-order chi connectivity index (χ0) is 17.3. The molecule has 1 unspecified atom stereocenters. The molecule has 5 nitrogen and oxygen atoms in total. The first-order valence-corrected chi connectivity index (χ1v) is 9.75. The van der Waals surface area contributed by atoms with Gasteiger partial charge in [-0.1, -0.05) is 30.3 Å². The van der Waals surface area contributed by atoms with Crippen molar-refractivity contribution in [2.24, 2.45) is 4.99 Å². The summed E-state index contributed by atoms with van der Waals surface area (Å²) in [5, 5.41) is 3.48. The number of likely N-dealkylation sites (tertiary alicyclic amines) is 1. The van der Waals surface area contributed by atoms with E-state index in [2.05, 4.69) is 52.4 Å². The molecule has 1 aromatic rings. The highest BCUT2D eigenvalue weighted by Crippen LogP contribution is 2.26. The molecule has 1 aromatic carbocycles. The maximum Gasteiger partial charge on any atom is 0.193 e. The van der Waals surface area contributed by atoms with Crippen molar-refractivity contribution >= 4 is 5.96 Å². The second-order valence-corrected chi connectivity index (χ2v) is 6.89. The van der Waals surface area contributed by atoms with Crippen LogP contribution in [0.25, 0.3) is 0 Å². The van der Waals surface area contributed by atoms with Gasteiger partial charge in [0.25, 0.3) is 0 Å². The van der Waals surface area contributed by atoms with Crippen LogP contribution in [0.1, 0.15) is 31.2 Å². The average molecular weight is 345 g/mol. The highest BCUT2D eigenvalue weighted by atomic mass is 16.5. The third-order valence-corrected chi connectivity index (χ3v) is 5.09. The summed E-state index contributed by atoms with van der Waals surface area (Å²) in [6.45, 7) is 11.1. The summed E-state index contributed by atoms with van der Waals surface area (Å²) in [4.78, 5) is 9.79. The van der Waals surface area contributed by atoms with E-state index in [0.717, 1.165) is 71.4 Å². The predicted molar refractivity (Wildman–Crippen MR) is 103 cm³/mol. The third kappa shape index (κ3) is 5.44. The molecule has 0 spiro atoms. The van der Waals surface area contributed by atoms with Gasteiger partial charge in [0.1, 0.15) is 0 Å². The molecule has 0 bridgehead atoms. The average Bonchev–Trinajstić information content (AvgIpc) is 3.16. The van der Waals surface area contributed by atoms with Crippen LogP contribution in [0, 0.1) is 0 Å². The van der Waals surface area contributed by atoms with Crippen LogP contribution in [0.3, 0.4) is 0 Å². The molecule has 25 heavy (non-hydrogen) atoms. The molecular weight excluding hydrogens is 312 g/mol. The molecule has 138 valence electrons. The molecule has 0 aromatic heterocycles. The van der Waals surface area contributed by atoms with Crippen LogP contribution in [0.2, 0.25) is 0 Å². The molecule has 0 amide bonds. The van der Waals surface area contributed by atoms with E-state index in [1.807, 2.05) is 0 Å². The monoisotopic (exact) mass is 344 g/mol. The number of rotatable bonds is 6. The number of hydrogen-bond donors (Lipinski definition) is 1. The molecule has 2 saturated heterocycles. The normalized spacial score (nSPS) is 22.4. The van der Waals surface area contributed by atoms with Gasteiger partial charge in [-0.3, -0.25) is 9.89 Å². The van der Waals surface area contributed by atoms with Gasteiger partial charge in [0.2, 0.25) is 0 Å². The van der Waals surface area contributed by atoms with E-state index in [1.54, 1.807) is 0 Å². The molecule has 0 radical (unpaired) electrons. The summed E-state index contributed by atoms with van der Waals surface area (Å²) < 4.78 is 5.40. The van der Waals surface area contributed by atoms with Crippen molar-refractivity contribution in [2.75, 3.05) is 59.0 Å². The molecule has 2 aliphatic rings. The number of nitrogens with zero attached hydrogens (tertiary/aromatic N) is 3. The van der Waals surface area contributed by atoms with Gasteiger partial charge in [-0.2, -0.15) is 0 Å². The Morgan fingerprint density at radius 3 is 2.76 bits per heavy atom. The van der Waals surface area contributed by atoms with E-state index in [-0.39, 0.29) is 0 Å². The minimum absolute atomic E-state index is 0.624. The summed E-state index contributed by atoms with van der Waals surface area (Å²) in [5.41, 5.74) is 1.45. The molecule has 2 aliphatic heterocycles. The lowest BCUT2D eigenvalue weighted by Gasteiger charge is -2.26. The number of hydrogen-bond acceptors (Lipinski definition) is 3. The standard InChI is InChI=1S/C20H32N4O/c1-2-21-20(22-10-6-11-23-13-15-25-16-14-23)24-12-9-19(17-24)18-7-4-3-5-8-18/h3-5,7-8,19H,2,6,9-17H2,1H3,(H,21,22). The van der Waals surface area contributed by atoms with Gasteiger partial charge in [-0.15, -0.1) is 0 Å². The zero-order valence-corrected chi connectivity index (χ0v) is 15.5. The molecular formula is C20H32N4O. The van der Waals surface area contributed by atoms with Gasteiger partial charge < -0.3 is 15.0 Å². The van der Waals surface area contributed by atoms with Crippen molar-refractivity contribution in [3.8, 4) is 0 Å². The molecule has 3 rings (SSSR count). The van der Waals surface area contributed by atoms with E-state index < -0.39 is 0 Å². The van der Waals surface area contributed by atoms with E-state index >= 15 is 0 Å². The fourth-order valence-corrected chi connectivity index (χ4v) is 3.68. The lowest BCUT2D eigenvalue weighted by molar-refractivity contribution is 0.0377. The Labute approximate surface area is 152 Å². The van der Waals surface area contributed by atoms with Crippen LogP contribution >= 0.6 is 0 Å². The first-order chi connectivity index (χ1) is 12.4. The maximum absolute atomic E-state index is 5.40. The summed E-state index contributed by atoms with van der Waals surface area (Å²) in [7, 11) is 0. The second-order valence-electron chi connectivity index (χ2n) is 6.89. The van der Waals surface area contributed by atoms with Gasteiger partial charge in [0.15, 0.2) is 5.96 Å². The minimum Gasteiger partial charge on any atom is -0.379 e. The highest BCUT2D eigenvalue weighted by Gasteiger charge is 2.25. The SMILES string of the molecule is CCNC(=NCCCN1CCOCC1)N1CCC(c2ccccc2)C1. The van der Waals surface area contributed by atoms with Crippen LogP contribution in [0.4, 0.5) is 0 Å². The maximum atomic E-state index is 5.40. The highest BCUT2D eigenvalue weighted by molar-refractivity contribution is 5.80. The number of benzene rings is 1. The summed E-state index contributed by atoms with van der Waals surface area (Å²) in [5.74, 6) is 1.71. The number of nitrogens with one attached hydrogen (secondary N) is 1. The first-order valence-electron chi connectivity index (χ1n) is 9.75. The van der Waals surface area contributed by atoms with Crippen molar-refractivity contribution in [2.45, 2.75) is 25.7 Å². The number of aliphatic imine (C=N–C) groups is 1. The van der Waals surface area contributed by atoms with Crippen LogP contribution < -0.4 is 5.32 Å². The Morgan fingerprint density at radius 2 is 2.00 bits per heavy atom. The van der Waals surface area contributed by atoms with E-state index in [4.69, 9.17) is 9.73 Å². The topological polar surface area (TPSA) is 40.1 Å². The number of ether oxygens (including phenoxy) is 1. The van der Waals surface area contributed by atoms with E-state index in [9.17, 15) is 0 Å². The quantitative estimate of drug-likeness (QED) is 0.488. The Hall–Kier alpha value is -1.59. The lowest BCUT2D eigenvalue weighted by atomic mass is 9.99. The van der Waals surface area contributed by atoms with Crippen molar-refractivity contribution in [1.82, 2.24) is 15.1 Å². The van der Waals surface area contributed by atoms with Crippen molar-refractivity contribution in [1.29, 1.82) is 0 Å². The molecule has 2 heterocycles. The predicted octanol–water partition coefficient (Wildman–Crippen LogP) is 2.16. The van der Waals surface area contributed by atoms with E-state index in [0.29, 0.717) is 5.92 Å². The fourth-order valence-electron chi connectivity index (χ4n) is 3.68. The first kappa shape index (κ1) is 18.2. The molecule has 1 atom stereocenters. The Morgan fingerprint density at radius 1 is 1.20 bits per heavy atom. The van der Waals surface area contributed by atoms with Crippen LogP contribution in [-0.2, 0) is 4.74 Å². The molecule has 1 N–H and O–H groups in total. The summed E-state index contributed by atoms with van der Waals surface area (Å²) in [6.07, 6.45) is 2.33. The minimum atomic E-state index is 0.624. The van der Waals surface area contributed by atoms with Gasteiger partial charge in [0.05, 0.1) is 13.2 Å². The van der Waals surface area contributed by atoms with Gasteiger partial charge in [-0.05, 0) is 25.3 Å². The summed E-state index contributed by atoms with van der Waals surface area (Å²) in [6, 6.07) is 10.9. The third-order valence-electron chi connectivity index (χ3n) is 5.09. The lowest BCUT2D eigenvalue weighted by Crippen LogP contribution is -2.40. The van der Waals surface area contributed by atoms with Gasteiger partial charge in [-0.25, -0.2) is 0 Å². The Bertz CT molecular complexity index is 528. The van der Waals surface area contributed by atoms with Gasteiger partial charge in [0, 0.05) is 51.7 Å². The smallest absolute Gasteiger partial charge is 0.193 e. The molecule has 5 heteroatoms. The fraction of sp³-hybridized carbons (Fsp3) is 0.650. The molecule has 2 fully saturated rings. The zero-order valence-electron chi connectivity index (χ0n) is 15.5. The summed E-state index contributed by atoms with van der Waals surface area (Å²) >= 11 is 0. The van der Waals surface area contributed by atoms with Crippen LogP contribution in [0.5, 0.6) is 0 Å². The van der Waals surface area contributed by atoms with Crippen LogP contribution in [0.15, 0.2) is 35.3 Å². The van der Waals surface area contributed by atoms with Crippen molar-refractivity contribution in [3.05, 3.63) is 35.9 Å². The Kier molecular flexibility index (Phi) is 7.12. The van der Waals surface area contributed by atoms with E-state index in [1.165, 1.54) is 12.0 Å². The molecule has 0 saturated carbocycles. The van der Waals surface area contributed by atoms with Crippen LogP contribution in [-0.4, -0.2) is 74.8 Å². The largest absolute Gasteiger partial charge is 0.379 e. The number of morpholine rings is 1. The van der Waals surface area contributed by atoms with Crippen molar-refractivity contribution in [3.63, 3.8) is 0 Å². The Balaban J connectivity index is 1.48. The number of guanidine groups is 1. The van der Waals surface area contributed by atoms with Crippen molar-refractivity contribution < 1.29 is 4.74 Å². The van der Waals surface area contributed by atoms with Gasteiger partial charge >= 0.3 is 0 Å². The molecule has 0 aliphatic carbocycles.